The second-order valence-electron chi connectivity index (χ2n) is 5.34. The molecule has 4 rings (SSSR count). The minimum absolute atomic E-state index is 0.00684. The van der Waals surface area contributed by atoms with Gasteiger partial charge in [-0.1, -0.05) is 10.6 Å². The molecule has 0 saturated carbocycles. The van der Waals surface area contributed by atoms with Crippen LogP contribution in [0.5, 0.6) is 11.5 Å². The summed E-state index contributed by atoms with van der Waals surface area (Å²) in [5.74, 6) is 1.55. The monoisotopic (exact) mass is 317 g/mol. The molecule has 0 aliphatic carbocycles. The van der Waals surface area contributed by atoms with Gasteiger partial charge < -0.3 is 14.4 Å². The summed E-state index contributed by atoms with van der Waals surface area (Å²) in [6, 6.07) is 6.02. The third-order valence-corrected chi connectivity index (χ3v) is 4.69. The normalized spacial score (nSPS) is 20.2. The molecule has 22 heavy (non-hydrogen) atoms. The van der Waals surface area contributed by atoms with Crippen molar-refractivity contribution in [2.24, 2.45) is 0 Å². The fourth-order valence-electron chi connectivity index (χ4n) is 3.03. The van der Waals surface area contributed by atoms with Crippen molar-refractivity contribution in [3.63, 3.8) is 0 Å². The fraction of sp³-hybridized carbons (Fsp3) is 0.400. The van der Waals surface area contributed by atoms with Gasteiger partial charge in [-0.15, -0.1) is 5.10 Å². The number of hydrogen-bond donors (Lipinski definition) is 0. The number of carbonyl (C=O) groups excluding carboxylic acids is 1. The number of hydrogen-bond acceptors (Lipinski definition) is 6. The average molecular weight is 317 g/mol. The predicted octanol–water partition coefficient (Wildman–Crippen LogP) is 2.29. The van der Waals surface area contributed by atoms with Crippen LogP contribution in [0.4, 0.5) is 0 Å². The van der Waals surface area contributed by atoms with Crippen LogP contribution in [-0.4, -0.2) is 40.2 Å². The first-order valence-electron chi connectivity index (χ1n) is 7.31. The Bertz CT molecular complexity index is 689. The van der Waals surface area contributed by atoms with Crippen LogP contribution in [0.1, 0.15) is 34.1 Å². The van der Waals surface area contributed by atoms with E-state index in [0.29, 0.717) is 18.1 Å². The van der Waals surface area contributed by atoms with Crippen LogP contribution in [0, 0.1) is 0 Å². The van der Waals surface area contributed by atoms with E-state index < -0.39 is 0 Å². The summed E-state index contributed by atoms with van der Waals surface area (Å²) in [6.45, 7) is 1.91. The van der Waals surface area contributed by atoms with E-state index in [-0.39, 0.29) is 11.9 Å². The van der Waals surface area contributed by atoms with Gasteiger partial charge in [-0.2, -0.15) is 0 Å². The van der Waals surface area contributed by atoms with Gasteiger partial charge in [-0.3, -0.25) is 4.79 Å². The Morgan fingerprint density at radius 2 is 2.14 bits per heavy atom. The first kappa shape index (κ1) is 13.5. The molecule has 0 radical (unpaired) electrons. The van der Waals surface area contributed by atoms with E-state index in [9.17, 15) is 4.79 Å². The first-order chi connectivity index (χ1) is 10.8. The molecule has 1 atom stereocenters. The van der Waals surface area contributed by atoms with E-state index >= 15 is 0 Å². The van der Waals surface area contributed by atoms with E-state index in [2.05, 4.69) is 9.59 Å². The summed E-state index contributed by atoms with van der Waals surface area (Å²) in [6.07, 6.45) is 3.49. The zero-order chi connectivity index (χ0) is 14.9. The maximum absolute atomic E-state index is 12.6. The molecule has 0 spiro atoms. The Kier molecular flexibility index (Phi) is 3.42. The van der Waals surface area contributed by atoms with Crippen molar-refractivity contribution < 1.29 is 14.3 Å². The Balaban J connectivity index is 1.62. The number of rotatable bonds is 2. The van der Waals surface area contributed by atoms with E-state index in [1.165, 1.54) is 6.20 Å². The smallest absolute Gasteiger partial charge is 0.267 e. The molecule has 2 aromatic rings. The Morgan fingerprint density at radius 1 is 1.27 bits per heavy atom. The van der Waals surface area contributed by atoms with Crippen molar-refractivity contribution >= 4 is 17.4 Å². The van der Waals surface area contributed by atoms with E-state index in [4.69, 9.17) is 9.47 Å². The number of fused-ring (bicyclic) bond motifs is 1. The second kappa shape index (κ2) is 5.57. The summed E-state index contributed by atoms with van der Waals surface area (Å²) < 4.78 is 15.0. The standard InChI is InChI=1S/C15H15N3O3S/c19-15(14-9-16-17-22-14)18-5-1-2-11(18)10-3-4-12-13(8-10)21-7-6-20-12/h3-4,8-9,11H,1-2,5-7H2/t11-/m1/s1. The third kappa shape index (κ3) is 2.31. The molecule has 2 aliphatic heterocycles. The summed E-state index contributed by atoms with van der Waals surface area (Å²) in [5.41, 5.74) is 1.09. The lowest BCUT2D eigenvalue weighted by Crippen LogP contribution is -2.30. The number of amides is 1. The van der Waals surface area contributed by atoms with Crippen LogP contribution in [-0.2, 0) is 0 Å². The van der Waals surface area contributed by atoms with Crippen LogP contribution >= 0.6 is 11.5 Å². The summed E-state index contributed by atoms with van der Waals surface area (Å²) >= 11 is 1.14. The molecule has 3 heterocycles. The van der Waals surface area contributed by atoms with Gasteiger partial charge >= 0.3 is 0 Å². The molecular weight excluding hydrogens is 302 g/mol. The molecule has 0 unspecified atom stereocenters. The maximum Gasteiger partial charge on any atom is 0.267 e. The van der Waals surface area contributed by atoms with Crippen LogP contribution in [0.25, 0.3) is 0 Å². The molecule has 6 nitrogen and oxygen atoms in total. The number of nitrogens with zero attached hydrogens (tertiary/aromatic N) is 3. The van der Waals surface area contributed by atoms with Gasteiger partial charge in [-0.05, 0) is 42.1 Å². The molecule has 114 valence electrons. The molecule has 1 aromatic carbocycles. The number of benzene rings is 1. The number of ether oxygens (including phenoxy) is 2. The van der Waals surface area contributed by atoms with Crippen molar-refractivity contribution in [3.05, 3.63) is 34.8 Å². The largest absolute Gasteiger partial charge is 0.486 e. The number of likely N-dealkylation sites (tertiary alicyclic amines) is 1. The maximum atomic E-state index is 12.6. The van der Waals surface area contributed by atoms with Crippen LogP contribution < -0.4 is 9.47 Å². The first-order valence-corrected chi connectivity index (χ1v) is 8.08. The lowest BCUT2D eigenvalue weighted by Gasteiger charge is -2.26. The highest BCUT2D eigenvalue weighted by atomic mass is 32.1. The quantitative estimate of drug-likeness (QED) is 0.850. The summed E-state index contributed by atoms with van der Waals surface area (Å²) in [5, 5.41) is 3.75. The summed E-state index contributed by atoms with van der Waals surface area (Å²) in [7, 11) is 0. The van der Waals surface area contributed by atoms with Gasteiger partial charge in [-0.25, -0.2) is 0 Å². The highest BCUT2D eigenvalue weighted by Gasteiger charge is 2.32. The van der Waals surface area contributed by atoms with Gasteiger partial charge in [0, 0.05) is 6.54 Å². The van der Waals surface area contributed by atoms with Crippen molar-refractivity contribution in [1.29, 1.82) is 0 Å². The lowest BCUT2D eigenvalue weighted by molar-refractivity contribution is 0.0740. The van der Waals surface area contributed by atoms with Crippen molar-refractivity contribution in [3.8, 4) is 11.5 Å². The predicted molar refractivity (Wildman–Crippen MR) is 80.4 cm³/mol. The topological polar surface area (TPSA) is 64.6 Å². The minimum Gasteiger partial charge on any atom is -0.486 e. The van der Waals surface area contributed by atoms with Crippen LogP contribution in [0.3, 0.4) is 0 Å². The van der Waals surface area contributed by atoms with E-state index in [0.717, 1.165) is 48.0 Å². The molecule has 1 aromatic heterocycles. The minimum atomic E-state index is 0.00684. The summed E-state index contributed by atoms with van der Waals surface area (Å²) in [4.78, 5) is 15.1. The molecule has 2 aliphatic rings. The van der Waals surface area contributed by atoms with Crippen molar-refractivity contribution in [2.45, 2.75) is 18.9 Å². The van der Waals surface area contributed by atoms with E-state index in [1.54, 1.807) is 0 Å². The second-order valence-corrected chi connectivity index (χ2v) is 6.13. The van der Waals surface area contributed by atoms with Crippen molar-refractivity contribution in [1.82, 2.24) is 14.5 Å². The molecule has 1 fully saturated rings. The highest BCUT2D eigenvalue weighted by Crippen LogP contribution is 2.38. The molecule has 1 saturated heterocycles. The fourth-order valence-corrected chi connectivity index (χ4v) is 3.50. The Morgan fingerprint density at radius 3 is 2.95 bits per heavy atom. The zero-order valence-corrected chi connectivity index (χ0v) is 12.7. The Labute approximate surface area is 131 Å². The van der Waals surface area contributed by atoms with Crippen LogP contribution in [0.15, 0.2) is 24.4 Å². The molecule has 7 heteroatoms. The molecular formula is C15H15N3O3S. The van der Waals surface area contributed by atoms with Gasteiger partial charge in [0.1, 0.15) is 18.1 Å². The van der Waals surface area contributed by atoms with Crippen LogP contribution in [0.2, 0.25) is 0 Å². The van der Waals surface area contributed by atoms with Gasteiger partial charge in [0.15, 0.2) is 11.5 Å². The van der Waals surface area contributed by atoms with E-state index in [1.807, 2.05) is 23.1 Å². The third-order valence-electron chi connectivity index (χ3n) is 4.04. The van der Waals surface area contributed by atoms with Gasteiger partial charge in [0.2, 0.25) is 0 Å². The Hall–Kier alpha value is -2.15. The number of carbonyl (C=O) groups is 1. The van der Waals surface area contributed by atoms with Crippen molar-refractivity contribution in [2.75, 3.05) is 19.8 Å². The average Bonchev–Trinajstić information content (AvgIpc) is 3.25. The zero-order valence-electron chi connectivity index (χ0n) is 11.9. The SMILES string of the molecule is O=C(c1cnns1)N1CCC[C@@H]1c1ccc2c(c1)OCCO2. The van der Waals surface area contributed by atoms with Gasteiger partial charge in [0.25, 0.3) is 5.91 Å². The molecule has 0 N–H and O–H groups in total. The number of aromatic nitrogens is 2. The van der Waals surface area contributed by atoms with Gasteiger partial charge in [0.05, 0.1) is 12.2 Å². The lowest BCUT2D eigenvalue weighted by atomic mass is 10.0. The highest BCUT2D eigenvalue weighted by molar-refractivity contribution is 7.07. The molecule has 1 amide bonds. The molecule has 0 bridgehead atoms.